The van der Waals surface area contributed by atoms with Crippen LogP contribution in [0.3, 0.4) is 0 Å². The first-order valence-corrected chi connectivity index (χ1v) is 9.06. The Morgan fingerprint density at radius 2 is 1.94 bits per heavy atom. The lowest BCUT2D eigenvalue weighted by Crippen LogP contribution is -2.43. The van der Waals surface area contributed by atoms with Gasteiger partial charge in [-0.05, 0) is 36.3 Å². The van der Waals surface area contributed by atoms with E-state index in [0.717, 1.165) is 11.3 Å². The van der Waals surface area contributed by atoms with Gasteiger partial charge in [0.1, 0.15) is 12.4 Å². The van der Waals surface area contributed by atoms with Crippen LogP contribution in [0.4, 0.5) is 0 Å². The van der Waals surface area contributed by atoms with Crippen molar-refractivity contribution in [2.75, 3.05) is 6.61 Å². The maximum atomic E-state index is 8.69. The minimum Gasteiger partial charge on any atom is -0.543 e. The van der Waals surface area contributed by atoms with Crippen LogP contribution in [0.5, 0.6) is 5.75 Å². The van der Waals surface area contributed by atoms with Crippen LogP contribution in [0.15, 0.2) is 24.3 Å². The summed E-state index contributed by atoms with van der Waals surface area (Å²) in [5.41, 5.74) is 0.875. The molecule has 0 saturated carbocycles. The Kier molecular flexibility index (Phi) is 4.61. The van der Waals surface area contributed by atoms with Crippen molar-refractivity contribution in [1.29, 1.82) is 0 Å². The zero-order valence-electron chi connectivity index (χ0n) is 11.9. The van der Waals surface area contributed by atoms with Gasteiger partial charge < -0.3 is 9.53 Å². The molecular weight excluding hydrogens is 240 g/mol. The average Bonchev–Trinajstić information content (AvgIpc) is 2.24. The van der Waals surface area contributed by atoms with E-state index >= 15 is 0 Å². The van der Waals surface area contributed by atoms with Crippen LogP contribution in [0, 0.1) is 11.8 Å². The molecule has 0 aromatic heterocycles. The minimum absolute atomic E-state index is 0.118. The predicted molar refractivity (Wildman–Crippen MR) is 78.2 cm³/mol. The average molecular weight is 262 g/mol. The van der Waals surface area contributed by atoms with Crippen molar-refractivity contribution in [3.63, 3.8) is 0 Å². The van der Waals surface area contributed by atoms with Gasteiger partial charge in [0.2, 0.25) is 8.32 Å². The molecule has 0 aliphatic rings. The summed E-state index contributed by atoms with van der Waals surface area (Å²) < 4.78 is 6.20. The molecule has 0 unspecified atom stereocenters. The van der Waals surface area contributed by atoms with Gasteiger partial charge in [0, 0.05) is 5.56 Å². The van der Waals surface area contributed by atoms with E-state index in [9.17, 15) is 0 Å². The topological polar surface area (TPSA) is 29.5 Å². The molecule has 0 saturated heterocycles. The largest absolute Gasteiger partial charge is 0.543 e. The zero-order valence-corrected chi connectivity index (χ0v) is 12.9. The monoisotopic (exact) mass is 262 g/mol. The summed E-state index contributed by atoms with van der Waals surface area (Å²) in [6, 6.07) is 7.75. The van der Waals surface area contributed by atoms with E-state index in [1.54, 1.807) is 0 Å². The molecule has 0 atom stereocenters. The molecule has 3 heteroatoms. The molecule has 1 aromatic carbocycles. The normalized spacial score (nSPS) is 11.7. The van der Waals surface area contributed by atoms with E-state index in [2.05, 4.69) is 45.7 Å². The molecule has 18 heavy (non-hydrogen) atoms. The number of benzene rings is 1. The third-order valence-electron chi connectivity index (χ3n) is 3.33. The Bertz CT molecular complexity index is 461. The first-order valence-electron chi connectivity index (χ1n) is 6.15. The van der Waals surface area contributed by atoms with Crippen molar-refractivity contribution < 1.29 is 9.53 Å². The molecule has 0 amide bonds. The van der Waals surface area contributed by atoms with Gasteiger partial charge in [-0.15, -0.1) is 0 Å². The summed E-state index contributed by atoms with van der Waals surface area (Å²) in [5, 5.41) is 8.87. The molecule has 0 aliphatic heterocycles. The Morgan fingerprint density at radius 1 is 1.28 bits per heavy atom. The van der Waals surface area contributed by atoms with Gasteiger partial charge in [0.15, 0.2) is 0 Å². The lowest BCUT2D eigenvalue weighted by atomic mass is 10.2. The molecule has 1 aromatic rings. The maximum absolute atomic E-state index is 8.69. The van der Waals surface area contributed by atoms with Crippen LogP contribution >= 0.6 is 0 Å². The van der Waals surface area contributed by atoms with E-state index in [1.807, 2.05) is 24.3 Å². The Morgan fingerprint density at radius 3 is 2.50 bits per heavy atom. The fraction of sp³-hybridized carbons (Fsp3) is 0.467. The van der Waals surface area contributed by atoms with Crippen LogP contribution in [-0.4, -0.2) is 20.0 Å². The Labute approximate surface area is 111 Å². The third kappa shape index (κ3) is 3.90. The van der Waals surface area contributed by atoms with Crippen molar-refractivity contribution in [3.05, 3.63) is 29.8 Å². The number of hydrogen-bond acceptors (Lipinski definition) is 2. The second-order valence-electron chi connectivity index (χ2n) is 5.85. The first kappa shape index (κ1) is 14.8. The Hall–Kier alpha value is -1.24. The zero-order chi connectivity index (χ0) is 13.8. The fourth-order valence-electron chi connectivity index (χ4n) is 1.23. The van der Waals surface area contributed by atoms with Crippen molar-refractivity contribution in [2.24, 2.45) is 0 Å². The number of rotatable bonds is 2. The van der Waals surface area contributed by atoms with Crippen molar-refractivity contribution in [3.8, 4) is 17.6 Å². The van der Waals surface area contributed by atoms with Gasteiger partial charge in [0.05, 0.1) is 0 Å². The summed E-state index contributed by atoms with van der Waals surface area (Å²) in [5.74, 6) is 6.41. The Balaban J connectivity index is 2.92. The van der Waals surface area contributed by atoms with Crippen molar-refractivity contribution >= 4 is 8.32 Å². The molecule has 98 valence electrons. The molecule has 0 fully saturated rings. The van der Waals surface area contributed by atoms with Gasteiger partial charge in [-0.3, -0.25) is 0 Å². The van der Waals surface area contributed by atoms with Crippen LogP contribution in [0.2, 0.25) is 18.1 Å². The lowest BCUT2D eigenvalue weighted by Gasteiger charge is -2.36. The SMILES string of the molecule is CC(C)(C)[Si](C)(C)Oc1cccc(C#CCO)c1. The molecule has 0 aliphatic carbocycles. The van der Waals surface area contributed by atoms with Crippen LogP contribution in [-0.2, 0) is 0 Å². The predicted octanol–water partition coefficient (Wildman–Crippen LogP) is 3.41. The van der Waals surface area contributed by atoms with E-state index in [0.29, 0.717) is 0 Å². The second-order valence-corrected chi connectivity index (χ2v) is 10.6. The molecule has 0 radical (unpaired) electrons. The molecule has 0 spiro atoms. The van der Waals surface area contributed by atoms with E-state index < -0.39 is 8.32 Å². The maximum Gasteiger partial charge on any atom is 0.250 e. The molecular formula is C15H22O2Si. The van der Waals surface area contributed by atoms with Gasteiger partial charge in [-0.2, -0.15) is 0 Å². The quantitative estimate of drug-likeness (QED) is 0.654. The fourth-order valence-corrected chi connectivity index (χ4v) is 2.25. The number of aliphatic hydroxyl groups is 1. The summed E-state index contributed by atoms with van der Waals surface area (Å²) in [7, 11) is -1.80. The molecule has 2 nitrogen and oxygen atoms in total. The van der Waals surface area contributed by atoms with Crippen LogP contribution in [0.1, 0.15) is 26.3 Å². The summed E-state index contributed by atoms with van der Waals surface area (Å²) in [6.07, 6.45) is 0. The minimum atomic E-state index is -1.80. The van der Waals surface area contributed by atoms with Gasteiger partial charge in [-0.25, -0.2) is 0 Å². The van der Waals surface area contributed by atoms with Gasteiger partial charge >= 0.3 is 0 Å². The standard InChI is InChI=1S/C15H22O2Si/c1-15(2,3)18(4,5)17-14-10-6-8-13(12-14)9-7-11-16/h6,8,10,12,16H,11H2,1-5H3. The lowest BCUT2D eigenvalue weighted by molar-refractivity contribution is 0.350. The number of hydrogen-bond donors (Lipinski definition) is 1. The summed E-state index contributed by atoms with van der Waals surface area (Å²) in [4.78, 5) is 0. The van der Waals surface area contributed by atoms with E-state index in [4.69, 9.17) is 9.53 Å². The van der Waals surface area contributed by atoms with Gasteiger partial charge in [0.25, 0.3) is 0 Å². The molecule has 1 rings (SSSR count). The van der Waals surface area contributed by atoms with Crippen LogP contribution in [0.25, 0.3) is 0 Å². The first-order chi connectivity index (χ1) is 8.26. The summed E-state index contributed by atoms with van der Waals surface area (Å²) >= 11 is 0. The highest BCUT2D eigenvalue weighted by atomic mass is 28.4. The highest BCUT2D eigenvalue weighted by Crippen LogP contribution is 2.37. The highest BCUT2D eigenvalue weighted by Gasteiger charge is 2.38. The smallest absolute Gasteiger partial charge is 0.250 e. The second kappa shape index (κ2) is 5.60. The van der Waals surface area contributed by atoms with E-state index in [1.165, 1.54) is 0 Å². The van der Waals surface area contributed by atoms with E-state index in [-0.39, 0.29) is 11.6 Å². The molecule has 0 heterocycles. The van der Waals surface area contributed by atoms with Crippen molar-refractivity contribution in [2.45, 2.75) is 38.9 Å². The number of aliphatic hydroxyl groups excluding tert-OH is 1. The van der Waals surface area contributed by atoms with Crippen LogP contribution < -0.4 is 4.43 Å². The summed E-state index contributed by atoms with van der Waals surface area (Å²) in [6.45, 7) is 11.0. The molecule has 1 N–H and O–H groups in total. The molecule has 0 bridgehead atoms. The highest BCUT2D eigenvalue weighted by molar-refractivity contribution is 6.74. The third-order valence-corrected chi connectivity index (χ3v) is 7.68. The van der Waals surface area contributed by atoms with Crippen molar-refractivity contribution in [1.82, 2.24) is 0 Å². The van der Waals surface area contributed by atoms with Gasteiger partial charge in [-0.1, -0.05) is 38.7 Å².